The maximum atomic E-state index is 12.3. The maximum Gasteiger partial charge on any atom is 0.242 e. The van der Waals surface area contributed by atoms with E-state index in [9.17, 15) is 4.79 Å². The SMILES string of the molecule is O=C(Cn1ccc2c(Br)cccc21)N1CCCCC1. The second-order valence-electron chi connectivity index (χ2n) is 5.06. The molecule has 4 heteroatoms. The first-order valence-corrected chi connectivity index (χ1v) is 7.56. The number of piperidine rings is 1. The highest BCUT2D eigenvalue weighted by atomic mass is 79.9. The van der Waals surface area contributed by atoms with Gasteiger partial charge in [0, 0.05) is 34.7 Å². The van der Waals surface area contributed by atoms with Crippen LogP contribution in [0.2, 0.25) is 0 Å². The summed E-state index contributed by atoms with van der Waals surface area (Å²) in [4.78, 5) is 14.3. The summed E-state index contributed by atoms with van der Waals surface area (Å²) in [6.07, 6.45) is 5.54. The Morgan fingerprint density at radius 1 is 1.16 bits per heavy atom. The van der Waals surface area contributed by atoms with Crippen LogP contribution in [0.3, 0.4) is 0 Å². The molecule has 1 amide bonds. The number of carbonyl (C=O) groups is 1. The third-order valence-corrected chi connectivity index (χ3v) is 4.47. The summed E-state index contributed by atoms with van der Waals surface area (Å²) in [5, 5.41) is 1.16. The molecule has 1 saturated heterocycles. The van der Waals surface area contributed by atoms with Gasteiger partial charge in [0.15, 0.2) is 0 Å². The summed E-state index contributed by atoms with van der Waals surface area (Å²) in [6, 6.07) is 8.15. The van der Waals surface area contributed by atoms with E-state index in [0.29, 0.717) is 6.54 Å². The van der Waals surface area contributed by atoms with Crippen molar-refractivity contribution in [1.82, 2.24) is 9.47 Å². The second-order valence-corrected chi connectivity index (χ2v) is 5.91. The van der Waals surface area contributed by atoms with Crippen LogP contribution in [0.1, 0.15) is 19.3 Å². The van der Waals surface area contributed by atoms with Crippen LogP contribution < -0.4 is 0 Å². The summed E-state index contributed by atoms with van der Waals surface area (Å²) in [5.41, 5.74) is 1.11. The van der Waals surface area contributed by atoms with Crippen molar-refractivity contribution in [2.75, 3.05) is 13.1 Å². The highest BCUT2D eigenvalue weighted by Gasteiger charge is 2.17. The van der Waals surface area contributed by atoms with Crippen molar-refractivity contribution in [3.05, 3.63) is 34.9 Å². The van der Waals surface area contributed by atoms with E-state index < -0.39 is 0 Å². The third kappa shape index (κ3) is 2.54. The largest absolute Gasteiger partial charge is 0.341 e. The van der Waals surface area contributed by atoms with Crippen molar-refractivity contribution in [2.45, 2.75) is 25.8 Å². The maximum absolute atomic E-state index is 12.3. The normalized spacial score (nSPS) is 15.9. The van der Waals surface area contributed by atoms with Crippen LogP contribution in [0.5, 0.6) is 0 Å². The molecule has 0 spiro atoms. The second kappa shape index (κ2) is 5.37. The molecule has 1 aliphatic rings. The topological polar surface area (TPSA) is 25.2 Å². The highest BCUT2D eigenvalue weighted by molar-refractivity contribution is 9.10. The Morgan fingerprint density at radius 2 is 1.95 bits per heavy atom. The van der Waals surface area contributed by atoms with Gasteiger partial charge in [0.25, 0.3) is 0 Å². The van der Waals surface area contributed by atoms with Crippen molar-refractivity contribution in [3.63, 3.8) is 0 Å². The Balaban J connectivity index is 1.81. The van der Waals surface area contributed by atoms with Crippen molar-refractivity contribution < 1.29 is 4.79 Å². The van der Waals surface area contributed by atoms with Gasteiger partial charge in [0.1, 0.15) is 6.54 Å². The molecule has 1 aromatic heterocycles. The highest BCUT2D eigenvalue weighted by Crippen LogP contribution is 2.24. The van der Waals surface area contributed by atoms with Crippen molar-refractivity contribution in [1.29, 1.82) is 0 Å². The Morgan fingerprint density at radius 3 is 2.74 bits per heavy atom. The van der Waals surface area contributed by atoms with E-state index >= 15 is 0 Å². The number of hydrogen-bond acceptors (Lipinski definition) is 1. The van der Waals surface area contributed by atoms with Gasteiger partial charge in [0.2, 0.25) is 5.91 Å². The average Bonchev–Trinajstić information content (AvgIpc) is 2.84. The van der Waals surface area contributed by atoms with E-state index in [1.54, 1.807) is 0 Å². The Labute approximate surface area is 121 Å². The molecular formula is C15H17BrN2O. The number of halogens is 1. The Bertz CT molecular complexity index is 599. The number of likely N-dealkylation sites (tertiary alicyclic amines) is 1. The Kier molecular flexibility index (Phi) is 3.60. The van der Waals surface area contributed by atoms with Crippen molar-refractivity contribution in [3.8, 4) is 0 Å². The molecule has 100 valence electrons. The lowest BCUT2D eigenvalue weighted by atomic mass is 10.1. The quantitative estimate of drug-likeness (QED) is 0.832. The zero-order chi connectivity index (χ0) is 13.2. The fourth-order valence-corrected chi connectivity index (χ4v) is 3.20. The molecule has 1 fully saturated rings. The number of nitrogens with zero attached hydrogens (tertiary/aromatic N) is 2. The van der Waals surface area contributed by atoms with E-state index in [0.717, 1.165) is 41.3 Å². The molecule has 1 aromatic carbocycles. The molecule has 1 aliphatic heterocycles. The Hall–Kier alpha value is -1.29. The number of hydrogen-bond donors (Lipinski definition) is 0. The molecule has 0 radical (unpaired) electrons. The lowest BCUT2D eigenvalue weighted by Gasteiger charge is -2.27. The average molecular weight is 321 g/mol. The van der Waals surface area contributed by atoms with Gasteiger partial charge in [-0.2, -0.15) is 0 Å². The van der Waals surface area contributed by atoms with E-state index in [1.807, 2.05) is 27.8 Å². The molecular weight excluding hydrogens is 304 g/mol. The number of rotatable bonds is 2. The van der Waals surface area contributed by atoms with Gasteiger partial charge < -0.3 is 9.47 Å². The third-order valence-electron chi connectivity index (χ3n) is 3.77. The summed E-state index contributed by atoms with van der Waals surface area (Å²) in [7, 11) is 0. The zero-order valence-corrected chi connectivity index (χ0v) is 12.4. The van der Waals surface area contributed by atoms with Crippen LogP contribution >= 0.6 is 15.9 Å². The fraction of sp³-hybridized carbons (Fsp3) is 0.400. The standard InChI is InChI=1S/C15H17BrN2O/c16-13-5-4-6-14-12(13)7-10-18(14)11-15(19)17-8-2-1-3-9-17/h4-7,10H,1-3,8-9,11H2. The van der Waals surface area contributed by atoms with E-state index in [1.165, 1.54) is 6.42 Å². The van der Waals surface area contributed by atoms with Gasteiger partial charge in [-0.25, -0.2) is 0 Å². The molecule has 2 aromatic rings. The first-order valence-electron chi connectivity index (χ1n) is 6.77. The predicted molar refractivity (Wildman–Crippen MR) is 80.1 cm³/mol. The summed E-state index contributed by atoms with van der Waals surface area (Å²) < 4.78 is 3.12. The van der Waals surface area contributed by atoms with Gasteiger partial charge in [-0.15, -0.1) is 0 Å². The van der Waals surface area contributed by atoms with Crippen LogP contribution in [0.25, 0.3) is 10.9 Å². The molecule has 0 saturated carbocycles. The number of amides is 1. The van der Waals surface area contributed by atoms with Gasteiger partial charge in [-0.3, -0.25) is 4.79 Å². The minimum Gasteiger partial charge on any atom is -0.341 e. The number of benzene rings is 1. The van der Waals surface area contributed by atoms with Crippen LogP contribution in [0.4, 0.5) is 0 Å². The molecule has 0 bridgehead atoms. The lowest BCUT2D eigenvalue weighted by molar-refractivity contribution is -0.132. The lowest BCUT2D eigenvalue weighted by Crippen LogP contribution is -2.37. The van der Waals surface area contributed by atoms with E-state index in [4.69, 9.17) is 0 Å². The van der Waals surface area contributed by atoms with E-state index in [-0.39, 0.29) is 5.91 Å². The van der Waals surface area contributed by atoms with E-state index in [2.05, 4.69) is 28.1 Å². The van der Waals surface area contributed by atoms with Gasteiger partial charge >= 0.3 is 0 Å². The van der Waals surface area contributed by atoms with Crippen molar-refractivity contribution >= 4 is 32.7 Å². The van der Waals surface area contributed by atoms with Crippen LogP contribution in [0.15, 0.2) is 34.9 Å². The van der Waals surface area contributed by atoms with Crippen LogP contribution in [-0.4, -0.2) is 28.5 Å². The monoisotopic (exact) mass is 320 g/mol. The summed E-state index contributed by atoms with van der Waals surface area (Å²) in [6.45, 7) is 2.28. The zero-order valence-electron chi connectivity index (χ0n) is 10.8. The molecule has 0 N–H and O–H groups in total. The minimum atomic E-state index is 0.233. The number of aromatic nitrogens is 1. The molecule has 2 heterocycles. The first kappa shape index (κ1) is 12.7. The number of carbonyl (C=O) groups excluding carboxylic acids is 1. The minimum absolute atomic E-state index is 0.233. The van der Waals surface area contributed by atoms with Crippen LogP contribution in [-0.2, 0) is 11.3 Å². The van der Waals surface area contributed by atoms with Crippen molar-refractivity contribution in [2.24, 2.45) is 0 Å². The van der Waals surface area contributed by atoms with Gasteiger partial charge in [-0.05, 0) is 37.5 Å². The summed E-state index contributed by atoms with van der Waals surface area (Å²) in [5.74, 6) is 0.233. The molecule has 19 heavy (non-hydrogen) atoms. The van der Waals surface area contributed by atoms with Crippen LogP contribution in [0, 0.1) is 0 Å². The molecule has 0 aliphatic carbocycles. The molecule has 3 nitrogen and oxygen atoms in total. The molecule has 0 unspecified atom stereocenters. The number of fused-ring (bicyclic) bond motifs is 1. The fourth-order valence-electron chi connectivity index (χ4n) is 2.71. The summed E-state index contributed by atoms with van der Waals surface area (Å²) >= 11 is 3.54. The van der Waals surface area contributed by atoms with Gasteiger partial charge in [0.05, 0.1) is 0 Å². The predicted octanol–water partition coefficient (Wildman–Crippen LogP) is 3.42. The molecule has 0 atom stereocenters. The first-order chi connectivity index (χ1) is 9.25. The smallest absolute Gasteiger partial charge is 0.242 e. The van der Waals surface area contributed by atoms with Gasteiger partial charge in [-0.1, -0.05) is 22.0 Å². The molecule has 3 rings (SSSR count).